The van der Waals surface area contributed by atoms with Crippen molar-refractivity contribution in [3.8, 4) is 0 Å². The van der Waals surface area contributed by atoms with Gasteiger partial charge in [0.15, 0.2) is 0 Å². The summed E-state index contributed by atoms with van der Waals surface area (Å²) in [6, 6.07) is -1.03. The summed E-state index contributed by atoms with van der Waals surface area (Å²) < 4.78 is 116. The molecule has 1 aromatic rings. The van der Waals surface area contributed by atoms with Crippen LogP contribution in [0.1, 0.15) is 41.1 Å². The van der Waals surface area contributed by atoms with Gasteiger partial charge in [-0.15, -0.1) is 0 Å². The van der Waals surface area contributed by atoms with Crippen molar-refractivity contribution in [2.75, 3.05) is 0 Å². The second-order valence-corrected chi connectivity index (χ2v) is 5.35. The summed E-state index contributed by atoms with van der Waals surface area (Å²) in [4.78, 5) is 0. The number of halogens is 9. The molecule has 10 heteroatoms. The van der Waals surface area contributed by atoms with Crippen molar-refractivity contribution in [1.82, 2.24) is 0 Å². The van der Waals surface area contributed by atoms with Crippen LogP contribution in [0.15, 0.2) is 12.1 Å². The molecule has 1 nitrogen and oxygen atoms in total. The zero-order chi connectivity index (χ0) is 17.8. The van der Waals surface area contributed by atoms with E-state index in [4.69, 9.17) is 5.73 Å². The van der Waals surface area contributed by atoms with E-state index in [0.29, 0.717) is 12.8 Å². The van der Waals surface area contributed by atoms with E-state index in [1.807, 2.05) is 0 Å². The quantitative estimate of drug-likeness (QED) is 0.733. The van der Waals surface area contributed by atoms with Gasteiger partial charge in [0, 0.05) is 6.04 Å². The molecule has 1 atom stereocenters. The van der Waals surface area contributed by atoms with Crippen LogP contribution in [0.3, 0.4) is 0 Å². The molecule has 0 bridgehead atoms. The van der Waals surface area contributed by atoms with E-state index in [1.165, 1.54) is 0 Å². The number of benzene rings is 1. The molecule has 1 saturated carbocycles. The molecular weight excluding hydrogens is 341 g/mol. The summed E-state index contributed by atoms with van der Waals surface area (Å²) in [6.45, 7) is 0. The summed E-state index contributed by atoms with van der Waals surface area (Å²) in [5.41, 5.74) is -2.50. The van der Waals surface area contributed by atoms with Crippen LogP contribution in [0.25, 0.3) is 0 Å². The Morgan fingerprint density at radius 1 is 0.783 bits per heavy atom. The van der Waals surface area contributed by atoms with E-state index in [9.17, 15) is 39.5 Å². The van der Waals surface area contributed by atoms with Crippen LogP contribution in [-0.2, 0) is 18.5 Å². The van der Waals surface area contributed by atoms with Crippen molar-refractivity contribution in [1.29, 1.82) is 0 Å². The number of nitrogens with two attached hydrogens (primary N) is 1. The normalized spacial score (nSPS) is 18.2. The monoisotopic (exact) mass is 351 g/mol. The highest BCUT2D eigenvalue weighted by atomic mass is 19.4. The highest BCUT2D eigenvalue weighted by Gasteiger charge is 2.50. The third-order valence-corrected chi connectivity index (χ3v) is 3.57. The maximum absolute atomic E-state index is 12.9. The van der Waals surface area contributed by atoms with Crippen molar-refractivity contribution >= 4 is 0 Å². The van der Waals surface area contributed by atoms with Crippen LogP contribution in [0.5, 0.6) is 0 Å². The molecule has 130 valence electrons. The maximum atomic E-state index is 12.9. The second kappa shape index (κ2) is 5.29. The van der Waals surface area contributed by atoms with E-state index in [-0.39, 0.29) is 18.1 Å². The number of hydrogen-bond acceptors (Lipinski definition) is 1. The lowest BCUT2D eigenvalue weighted by Gasteiger charge is -2.23. The van der Waals surface area contributed by atoms with Gasteiger partial charge >= 0.3 is 18.5 Å². The van der Waals surface area contributed by atoms with E-state index < -0.39 is 46.8 Å². The molecule has 23 heavy (non-hydrogen) atoms. The molecule has 1 fully saturated rings. The van der Waals surface area contributed by atoms with E-state index in [2.05, 4.69) is 0 Å². The van der Waals surface area contributed by atoms with Crippen molar-refractivity contribution in [2.24, 2.45) is 11.7 Å². The molecule has 0 radical (unpaired) electrons. The minimum atomic E-state index is -5.81. The molecule has 0 aliphatic heterocycles. The van der Waals surface area contributed by atoms with Gasteiger partial charge < -0.3 is 5.73 Å². The summed E-state index contributed by atoms with van der Waals surface area (Å²) >= 11 is 0. The van der Waals surface area contributed by atoms with Crippen LogP contribution in [0.4, 0.5) is 39.5 Å². The van der Waals surface area contributed by atoms with Crippen LogP contribution in [0.2, 0.25) is 0 Å². The summed E-state index contributed by atoms with van der Waals surface area (Å²) in [5, 5.41) is 0. The van der Waals surface area contributed by atoms with Gasteiger partial charge in [0.05, 0.1) is 16.7 Å². The van der Waals surface area contributed by atoms with Gasteiger partial charge in [-0.1, -0.05) is 0 Å². The standard InChI is InChI=1S/C13H10F9N/c14-11(15,16)7-3-6(10(23)5-1-2-5)4-8(12(17,18)19)9(7)13(20,21)22/h3-5,10H,1-2,23H2. The molecule has 1 unspecified atom stereocenters. The van der Waals surface area contributed by atoms with Gasteiger partial charge in [-0.25, -0.2) is 0 Å². The average Bonchev–Trinajstić information content (AvgIpc) is 3.17. The van der Waals surface area contributed by atoms with Gasteiger partial charge in [0.2, 0.25) is 0 Å². The molecule has 1 aromatic carbocycles. The third-order valence-electron chi connectivity index (χ3n) is 3.57. The summed E-state index contributed by atoms with van der Waals surface area (Å²) in [7, 11) is 0. The first kappa shape index (κ1) is 17.9. The first-order valence-electron chi connectivity index (χ1n) is 6.38. The molecule has 1 aliphatic rings. The number of hydrogen-bond donors (Lipinski definition) is 1. The predicted octanol–water partition coefficient (Wildman–Crippen LogP) is 5.15. The maximum Gasteiger partial charge on any atom is 0.417 e. The lowest BCUT2D eigenvalue weighted by molar-refractivity contribution is -0.174. The minimum Gasteiger partial charge on any atom is -0.324 e. The summed E-state index contributed by atoms with van der Waals surface area (Å²) in [5.74, 6) is -0.325. The topological polar surface area (TPSA) is 26.0 Å². The van der Waals surface area contributed by atoms with Gasteiger partial charge in [-0.2, -0.15) is 39.5 Å². The minimum absolute atomic E-state index is 0.0705. The Labute approximate surface area is 124 Å². The Balaban J connectivity index is 2.77. The van der Waals surface area contributed by atoms with Crippen molar-refractivity contribution < 1.29 is 39.5 Å². The molecule has 0 aromatic heterocycles. The van der Waals surface area contributed by atoms with Gasteiger partial charge in [0.25, 0.3) is 0 Å². The molecular formula is C13H10F9N. The van der Waals surface area contributed by atoms with Crippen LogP contribution >= 0.6 is 0 Å². The van der Waals surface area contributed by atoms with Gasteiger partial charge in [0.1, 0.15) is 0 Å². The fourth-order valence-electron chi connectivity index (χ4n) is 2.34. The SMILES string of the molecule is NC(c1cc(C(F)(F)F)c(C(F)(F)F)c(C(F)(F)F)c1)C1CC1. The van der Waals surface area contributed by atoms with Crippen LogP contribution in [0, 0.1) is 5.92 Å². The zero-order valence-corrected chi connectivity index (χ0v) is 11.2. The highest BCUT2D eigenvalue weighted by molar-refractivity contribution is 5.45. The fraction of sp³-hybridized carbons (Fsp3) is 0.538. The first-order valence-corrected chi connectivity index (χ1v) is 6.38. The fourth-order valence-corrected chi connectivity index (χ4v) is 2.34. The zero-order valence-electron chi connectivity index (χ0n) is 11.2. The summed E-state index contributed by atoms with van der Waals surface area (Å²) in [6.07, 6.45) is -16.0. The predicted molar refractivity (Wildman–Crippen MR) is 61.1 cm³/mol. The Hall–Kier alpha value is -1.45. The van der Waals surface area contributed by atoms with E-state index in [1.54, 1.807) is 0 Å². The number of rotatable bonds is 2. The van der Waals surface area contributed by atoms with Gasteiger partial charge in [-0.05, 0) is 36.5 Å². The Morgan fingerprint density at radius 3 is 1.43 bits per heavy atom. The smallest absolute Gasteiger partial charge is 0.324 e. The Bertz CT molecular complexity index is 558. The average molecular weight is 351 g/mol. The largest absolute Gasteiger partial charge is 0.417 e. The highest BCUT2D eigenvalue weighted by Crippen LogP contribution is 2.49. The number of alkyl halides is 9. The first-order chi connectivity index (χ1) is 10.2. The van der Waals surface area contributed by atoms with Crippen LogP contribution < -0.4 is 5.73 Å². The molecule has 0 amide bonds. The molecule has 2 N–H and O–H groups in total. The Morgan fingerprint density at radius 2 is 1.17 bits per heavy atom. The molecule has 0 heterocycles. The lowest BCUT2D eigenvalue weighted by atomic mass is 9.92. The lowest BCUT2D eigenvalue weighted by Crippen LogP contribution is -2.25. The van der Waals surface area contributed by atoms with Crippen molar-refractivity contribution in [3.63, 3.8) is 0 Å². The Kier molecular flexibility index (Phi) is 4.11. The molecule has 0 saturated heterocycles. The molecule has 2 rings (SSSR count). The molecule has 0 spiro atoms. The van der Waals surface area contributed by atoms with E-state index in [0.717, 1.165) is 0 Å². The van der Waals surface area contributed by atoms with Gasteiger partial charge in [-0.3, -0.25) is 0 Å². The molecule has 1 aliphatic carbocycles. The van der Waals surface area contributed by atoms with E-state index >= 15 is 0 Å². The third kappa shape index (κ3) is 3.73. The van der Waals surface area contributed by atoms with Crippen LogP contribution in [-0.4, -0.2) is 0 Å². The van der Waals surface area contributed by atoms with Crippen molar-refractivity contribution in [3.05, 3.63) is 34.4 Å². The van der Waals surface area contributed by atoms with Crippen molar-refractivity contribution in [2.45, 2.75) is 37.4 Å². The second-order valence-electron chi connectivity index (χ2n) is 5.35.